The molecule has 86 heavy (non-hydrogen) atoms. The number of esters is 4. The molecule has 0 heterocycles. The Morgan fingerprint density at radius 1 is 0.279 bits per heavy atom. The maximum Gasteiger partial charge on any atom is 0.472 e. The second-order valence-electron chi connectivity index (χ2n) is 24.2. The minimum atomic E-state index is -4.95. The Kier molecular flexibility index (Phi) is 60.5. The number of hydrogen-bond acceptors (Lipinski definition) is 15. The van der Waals surface area contributed by atoms with Crippen molar-refractivity contribution in [3.63, 3.8) is 0 Å². The van der Waals surface area contributed by atoms with Crippen LogP contribution in [0.1, 0.15) is 349 Å². The maximum absolute atomic E-state index is 13.0. The smallest absolute Gasteiger partial charge is 0.462 e. The summed E-state index contributed by atoms with van der Waals surface area (Å²) in [6.07, 6.45) is 48.6. The third-order valence-corrected chi connectivity index (χ3v) is 17.5. The highest BCUT2D eigenvalue weighted by Crippen LogP contribution is 2.45. The summed E-state index contributed by atoms with van der Waals surface area (Å²) in [5, 5.41) is 10.5. The van der Waals surface area contributed by atoms with Gasteiger partial charge in [0.15, 0.2) is 12.2 Å². The summed E-state index contributed by atoms with van der Waals surface area (Å²) in [7, 11) is -9.88. The molecule has 0 fully saturated rings. The van der Waals surface area contributed by atoms with E-state index in [1.165, 1.54) is 173 Å². The lowest BCUT2D eigenvalue weighted by atomic mass is 10.0. The third kappa shape index (κ3) is 60.9. The lowest BCUT2D eigenvalue weighted by molar-refractivity contribution is -0.161. The highest BCUT2D eigenvalue weighted by molar-refractivity contribution is 7.47. The van der Waals surface area contributed by atoms with Gasteiger partial charge in [0.2, 0.25) is 0 Å². The molecule has 0 rings (SSSR count). The van der Waals surface area contributed by atoms with Crippen molar-refractivity contribution in [3.05, 3.63) is 0 Å². The van der Waals surface area contributed by atoms with Crippen molar-refractivity contribution in [2.24, 2.45) is 0 Å². The molecular weight excluding hydrogens is 1140 g/mol. The van der Waals surface area contributed by atoms with Crippen molar-refractivity contribution >= 4 is 39.5 Å². The minimum absolute atomic E-state index is 0.106. The normalized spacial score (nSPS) is 14.1. The van der Waals surface area contributed by atoms with Crippen LogP contribution in [0.5, 0.6) is 0 Å². The van der Waals surface area contributed by atoms with Crippen LogP contribution < -0.4 is 0 Å². The average Bonchev–Trinajstić information content (AvgIpc) is 3.63. The number of hydrogen-bond donors (Lipinski definition) is 3. The minimum Gasteiger partial charge on any atom is -0.462 e. The standard InChI is InChI=1S/C67H130O17P2/c1-5-9-13-17-21-25-27-29-30-31-32-33-35-38-42-46-50-54-67(72)84-63(58-78-65(70)52-48-44-40-37-34-28-26-22-18-14-10-6-2)60-82-86(75,76)80-56-61(68)55-79-85(73,74)81-59-62(57-77-64(69)51-47-43-39-24-20-16-12-8-4)83-66(71)53-49-45-41-36-23-19-15-11-7-3/h61-63,68H,5-60H2,1-4H3,(H,73,74)(H,75,76)/t61-,62+,63+/m0/s1. The number of carbonyl (C=O) groups excluding carboxylic acids is 4. The van der Waals surface area contributed by atoms with Gasteiger partial charge in [0.1, 0.15) is 19.3 Å². The Balaban J connectivity index is 5.19. The Labute approximate surface area is 524 Å². The van der Waals surface area contributed by atoms with E-state index in [0.717, 1.165) is 96.3 Å². The van der Waals surface area contributed by atoms with E-state index in [-0.39, 0.29) is 25.7 Å². The molecule has 0 aromatic rings. The van der Waals surface area contributed by atoms with Crippen LogP contribution in [0.15, 0.2) is 0 Å². The van der Waals surface area contributed by atoms with Crippen molar-refractivity contribution in [3.8, 4) is 0 Å². The van der Waals surface area contributed by atoms with Crippen LogP contribution in [0.2, 0.25) is 0 Å². The Morgan fingerprint density at radius 2 is 0.465 bits per heavy atom. The van der Waals surface area contributed by atoms with E-state index >= 15 is 0 Å². The molecule has 0 aliphatic heterocycles. The van der Waals surface area contributed by atoms with Gasteiger partial charge < -0.3 is 33.8 Å². The molecule has 0 aliphatic rings. The average molecular weight is 1270 g/mol. The first kappa shape index (κ1) is 84.1. The first-order valence-electron chi connectivity index (χ1n) is 35.3. The highest BCUT2D eigenvalue weighted by atomic mass is 31.2. The zero-order chi connectivity index (χ0) is 63.3. The number of unbranched alkanes of at least 4 members (excludes halogenated alkanes) is 42. The first-order valence-corrected chi connectivity index (χ1v) is 38.3. The van der Waals surface area contributed by atoms with Crippen molar-refractivity contribution < 1.29 is 80.2 Å². The van der Waals surface area contributed by atoms with Gasteiger partial charge in [0.25, 0.3) is 0 Å². The predicted molar refractivity (Wildman–Crippen MR) is 345 cm³/mol. The third-order valence-electron chi connectivity index (χ3n) is 15.6. The Morgan fingerprint density at radius 3 is 0.686 bits per heavy atom. The van der Waals surface area contributed by atoms with Gasteiger partial charge in [-0.15, -0.1) is 0 Å². The lowest BCUT2D eigenvalue weighted by Crippen LogP contribution is -2.30. The Hall–Kier alpha value is -1.94. The number of aliphatic hydroxyl groups is 1. The highest BCUT2D eigenvalue weighted by Gasteiger charge is 2.30. The topological polar surface area (TPSA) is 237 Å². The van der Waals surface area contributed by atoms with Gasteiger partial charge >= 0.3 is 39.5 Å². The molecule has 0 amide bonds. The molecule has 2 unspecified atom stereocenters. The molecule has 19 heteroatoms. The molecule has 0 aliphatic carbocycles. The van der Waals surface area contributed by atoms with E-state index < -0.39 is 97.5 Å². The van der Waals surface area contributed by atoms with E-state index in [4.69, 9.17) is 37.0 Å². The predicted octanol–water partition coefficient (Wildman–Crippen LogP) is 19.1. The van der Waals surface area contributed by atoms with Gasteiger partial charge in [-0.05, 0) is 25.7 Å². The van der Waals surface area contributed by atoms with Gasteiger partial charge in [0, 0.05) is 25.7 Å². The number of aliphatic hydroxyl groups excluding tert-OH is 1. The summed E-state index contributed by atoms with van der Waals surface area (Å²) in [5.41, 5.74) is 0. The molecule has 0 saturated carbocycles. The quantitative estimate of drug-likeness (QED) is 0.0222. The van der Waals surface area contributed by atoms with Crippen LogP contribution in [0, 0.1) is 0 Å². The second kappa shape index (κ2) is 61.9. The second-order valence-corrected chi connectivity index (χ2v) is 27.1. The number of ether oxygens (including phenoxy) is 4. The first-order chi connectivity index (χ1) is 41.7. The number of carbonyl (C=O) groups is 4. The monoisotopic (exact) mass is 1270 g/mol. The fourth-order valence-electron chi connectivity index (χ4n) is 10.2. The lowest BCUT2D eigenvalue weighted by Gasteiger charge is -2.21. The molecule has 0 spiro atoms. The molecule has 0 bridgehead atoms. The molecule has 0 aromatic carbocycles. The van der Waals surface area contributed by atoms with Crippen LogP contribution in [0.3, 0.4) is 0 Å². The maximum atomic E-state index is 13.0. The largest absolute Gasteiger partial charge is 0.472 e. The SMILES string of the molecule is CCCCCCCCCCCCCCCCCCCC(=O)O[C@H](COC(=O)CCCCCCCCCCCCCC)COP(=O)(O)OC[C@@H](O)COP(=O)(O)OC[C@@H](COC(=O)CCCCCCCCCC)OC(=O)CCCCCCCCCCC. The Bertz CT molecular complexity index is 1650. The number of rotatable bonds is 68. The van der Waals surface area contributed by atoms with E-state index in [0.29, 0.717) is 25.7 Å². The summed E-state index contributed by atoms with van der Waals surface area (Å²) < 4.78 is 68.0. The van der Waals surface area contributed by atoms with Gasteiger partial charge in [0.05, 0.1) is 26.4 Å². The summed E-state index contributed by atoms with van der Waals surface area (Å²) in [6.45, 7) is 4.88. The number of phosphoric acid groups is 2. The summed E-state index contributed by atoms with van der Waals surface area (Å²) in [5.74, 6) is -2.13. The summed E-state index contributed by atoms with van der Waals surface area (Å²) in [6, 6.07) is 0. The molecule has 0 aromatic heterocycles. The molecular formula is C67H130O17P2. The van der Waals surface area contributed by atoms with Crippen molar-refractivity contribution in [2.75, 3.05) is 39.6 Å². The van der Waals surface area contributed by atoms with Crippen LogP contribution in [-0.2, 0) is 65.4 Å². The van der Waals surface area contributed by atoms with Crippen LogP contribution >= 0.6 is 15.6 Å². The summed E-state index contributed by atoms with van der Waals surface area (Å²) in [4.78, 5) is 72.2. The van der Waals surface area contributed by atoms with Crippen molar-refractivity contribution in [1.29, 1.82) is 0 Å². The fraction of sp³-hybridized carbons (Fsp3) is 0.940. The fourth-order valence-corrected chi connectivity index (χ4v) is 11.7. The molecule has 510 valence electrons. The summed E-state index contributed by atoms with van der Waals surface area (Å²) >= 11 is 0. The van der Waals surface area contributed by atoms with E-state index in [9.17, 15) is 43.2 Å². The van der Waals surface area contributed by atoms with Gasteiger partial charge in [-0.2, -0.15) is 0 Å². The van der Waals surface area contributed by atoms with Gasteiger partial charge in [-0.25, -0.2) is 9.13 Å². The molecule has 5 atom stereocenters. The van der Waals surface area contributed by atoms with Crippen molar-refractivity contribution in [1.82, 2.24) is 0 Å². The van der Waals surface area contributed by atoms with E-state index in [1.807, 2.05) is 0 Å². The van der Waals surface area contributed by atoms with Crippen LogP contribution in [-0.4, -0.2) is 96.7 Å². The zero-order valence-corrected chi connectivity index (χ0v) is 57.1. The van der Waals surface area contributed by atoms with Gasteiger partial charge in [-0.1, -0.05) is 297 Å². The molecule has 17 nitrogen and oxygen atoms in total. The van der Waals surface area contributed by atoms with E-state index in [1.54, 1.807) is 0 Å². The van der Waals surface area contributed by atoms with Crippen LogP contribution in [0.25, 0.3) is 0 Å². The molecule has 0 radical (unpaired) electrons. The van der Waals surface area contributed by atoms with Gasteiger partial charge in [-0.3, -0.25) is 37.3 Å². The molecule has 0 saturated heterocycles. The number of phosphoric ester groups is 2. The van der Waals surface area contributed by atoms with E-state index in [2.05, 4.69) is 27.7 Å². The van der Waals surface area contributed by atoms with Crippen molar-refractivity contribution in [2.45, 2.75) is 367 Å². The zero-order valence-electron chi connectivity index (χ0n) is 55.3. The van der Waals surface area contributed by atoms with Crippen LogP contribution in [0.4, 0.5) is 0 Å². The molecule has 3 N–H and O–H groups in total.